The van der Waals surface area contributed by atoms with Crippen molar-refractivity contribution in [1.29, 1.82) is 0 Å². The first-order valence-corrected chi connectivity index (χ1v) is 7.39. The topological polar surface area (TPSA) is 57.6 Å². The number of nitrogens with zero attached hydrogens (tertiary/aromatic N) is 1. The molecule has 2 rings (SSSR count). The van der Waals surface area contributed by atoms with Gasteiger partial charge in [-0.15, -0.1) is 11.3 Å². The van der Waals surface area contributed by atoms with Crippen molar-refractivity contribution in [3.63, 3.8) is 0 Å². The van der Waals surface area contributed by atoms with Gasteiger partial charge in [0.05, 0.1) is 22.2 Å². The third-order valence-corrected chi connectivity index (χ3v) is 4.70. The van der Waals surface area contributed by atoms with E-state index in [1.165, 1.54) is 0 Å². The van der Waals surface area contributed by atoms with E-state index in [1.807, 2.05) is 19.1 Å². The molecule has 1 aliphatic carbocycles. The van der Waals surface area contributed by atoms with Gasteiger partial charge in [0.25, 0.3) is 0 Å². The van der Waals surface area contributed by atoms with Crippen LogP contribution in [0.4, 0.5) is 0 Å². The molecule has 2 atom stereocenters. The highest BCUT2D eigenvalue weighted by atomic mass is 79.9. The Morgan fingerprint density at radius 2 is 2.22 bits per heavy atom. The van der Waals surface area contributed by atoms with E-state index < -0.39 is 11.9 Å². The van der Waals surface area contributed by atoms with Gasteiger partial charge >= 0.3 is 5.97 Å². The van der Waals surface area contributed by atoms with Crippen molar-refractivity contribution in [2.45, 2.75) is 19.9 Å². The first-order chi connectivity index (χ1) is 8.52. The molecule has 18 heavy (non-hydrogen) atoms. The van der Waals surface area contributed by atoms with Gasteiger partial charge in [0.2, 0.25) is 5.91 Å². The molecule has 1 aromatic rings. The van der Waals surface area contributed by atoms with E-state index in [-0.39, 0.29) is 11.8 Å². The number of carbonyl (C=O) groups is 2. The molecule has 1 fully saturated rings. The fraction of sp³-hybridized carbons (Fsp3) is 0.500. The molecular formula is C12H14BrNO3S. The average molecular weight is 332 g/mol. The van der Waals surface area contributed by atoms with E-state index in [1.54, 1.807) is 16.2 Å². The summed E-state index contributed by atoms with van der Waals surface area (Å²) in [6.45, 7) is 3.09. The Bertz CT molecular complexity index is 474. The molecular weight excluding hydrogens is 318 g/mol. The zero-order chi connectivity index (χ0) is 13.3. The number of hydrogen-bond acceptors (Lipinski definition) is 3. The number of amides is 1. The number of carboxylic acids is 1. The van der Waals surface area contributed by atoms with E-state index >= 15 is 0 Å². The molecule has 1 amide bonds. The third kappa shape index (κ3) is 2.92. The van der Waals surface area contributed by atoms with Gasteiger partial charge in [0.15, 0.2) is 0 Å². The summed E-state index contributed by atoms with van der Waals surface area (Å²) in [6, 6.07) is 3.93. The maximum absolute atomic E-state index is 12.1. The van der Waals surface area contributed by atoms with E-state index in [2.05, 4.69) is 15.9 Å². The van der Waals surface area contributed by atoms with Gasteiger partial charge in [-0.3, -0.25) is 9.59 Å². The minimum atomic E-state index is -0.858. The molecule has 0 radical (unpaired) electrons. The van der Waals surface area contributed by atoms with Crippen LogP contribution in [0.25, 0.3) is 0 Å². The Hall–Kier alpha value is -0.880. The standard InChI is InChI=1S/C12H14BrNO3S/c1-2-14(6-7-3-4-10(13)18-7)11(15)8-5-9(8)12(16)17/h3-4,8-9H,2,5-6H2,1H3,(H,16,17)/t8-,9+/m1/s1. The van der Waals surface area contributed by atoms with Crippen molar-refractivity contribution in [1.82, 2.24) is 4.90 Å². The molecule has 98 valence electrons. The maximum Gasteiger partial charge on any atom is 0.307 e. The molecule has 0 bridgehead atoms. The zero-order valence-electron chi connectivity index (χ0n) is 9.93. The second-order valence-electron chi connectivity index (χ2n) is 4.35. The van der Waals surface area contributed by atoms with Crippen LogP contribution in [0, 0.1) is 11.8 Å². The summed E-state index contributed by atoms with van der Waals surface area (Å²) in [7, 11) is 0. The lowest BCUT2D eigenvalue weighted by molar-refractivity contribution is -0.142. The molecule has 0 aliphatic heterocycles. The quantitative estimate of drug-likeness (QED) is 0.902. The van der Waals surface area contributed by atoms with Crippen LogP contribution in [0.5, 0.6) is 0 Å². The molecule has 1 N–H and O–H groups in total. The van der Waals surface area contributed by atoms with Crippen molar-refractivity contribution in [3.05, 3.63) is 20.8 Å². The summed E-state index contributed by atoms with van der Waals surface area (Å²) in [4.78, 5) is 25.7. The Morgan fingerprint density at radius 1 is 1.50 bits per heavy atom. The van der Waals surface area contributed by atoms with Crippen molar-refractivity contribution >= 4 is 39.1 Å². The van der Waals surface area contributed by atoms with E-state index in [4.69, 9.17) is 5.11 Å². The van der Waals surface area contributed by atoms with Gasteiger partial charge in [0, 0.05) is 11.4 Å². The first kappa shape index (κ1) is 13.5. The Morgan fingerprint density at radius 3 is 2.67 bits per heavy atom. The number of hydrogen-bond donors (Lipinski definition) is 1. The monoisotopic (exact) mass is 331 g/mol. The second-order valence-corrected chi connectivity index (χ2v) is 6.89. The number of carboxylic acid groups (broad SMARTS) is 1. The van der Waals surface area contributed by atoms with Crippen molar-refractivity contribution in [2.24, 2.45) is 11.8 Å². The lowest BCUT2D eigenvalue weighted by Crippen LogP contribution is -2.32. The highest BCUT2D eigenvalue weighted by Gasteiger charge is 2.49. The van der Waals surface area contributed by atoms with E-state index in [0.29, 0.717) is 19.5 Å². The Kier molecular flexibility index (Phi) is 4.07. The fourth-order valence-corrected chi connectivity index (χ4v) is 3.44. The van der Waals surface area contributed by atoms with Gasteiger partial charge in [-0.2, -0.15) is 0 Å². The Labute approximate surface area is 118 Å². The normalized spacial score (nSPS) is 21.7. The molecule has 4 nitrogen and oxygen atoms in total. The molecule has 6 heteroatoms. The van der Waals surface area contributed by atoms with Gasteiger partial charge in [0.1, 0.15) is 0 Å². The van der Waals surface area contributed by atoms with Crippen LogP contribution >= 0.6 is 27.3 Å². The van der Waals surface area contributed by atoms with Gasteiger partial charge in [-0.1, -0.05) is 0 Å². The molecule has 1 aromatic heterocycles. The van der Waals surface area contributed by atoms with Crippen molar-refractivity contribution in [3.8, 4) is 0 Å². The van der Waals surface area contributed by atoms with Gasteiger partial charge < -0.3 is 10.0 Å². The SMILES string of the molecule is CCN(Cc1ccc(Br)s1)C(=O)[C@@H]1C[C@@H]1C(=O)O. The fourth-order valence-electron chi connectivity index (χ4n) is 1.95. The largest absolute Gasteiger partial charge is 0.481 e. The summed E-state index contributed by atoms with van der Waals surface area (Å²) in [5, 5.41) is 8.85. The number of aliphatic carboxylic acids is 1. The predicted molar refractivity (Wildman–Crippen MR) is 72.3 cm³/mol. The molecule has 0 unspecified atom stereocenters. The minimum Gasteiger partial charge on any atom is -0.481 e. The van der Waals surface area contributed by atoms with Crippen LogP contribution in [0.3, 0.4) is 0 Å². The van der Waals surface area contributed by atoms with E-state index in [9.17, 15) is 9.59 Å². The third-order valence-electron chi connectivity index (χ3n) is 3.09. The van der Waals surface area contributed by atoms with Crippen LogP contribution < -0.4 is 0 Å². The predicted octanol–water partition coefficient (Wildman–Crippen LogP) is 2.58. The smallest absolute Gasteiger partial charge is 0.307 e. The van der Waals surface area contributed by atoms with Crippen molar-refractivity contribution < 1.29 is 14.7 Å². The van der Waals surface area contributed by atoms with Gasteiger partial charge in [-0.05, 0) is 41.4 Å². The number of rotatable bonds is 5. The summed E-state index contributed by atoms with van der Waals surface area (Å²) in [5.41, 5.74) is 0. The lowest BCUT2D eigenvalue weighted by atomic mass is 10.2. The van der Waals surface area contributed by atoms with Crippen LogP contribution in [-0.2, 0) is 16.1 Å². The maximum atomic E-state index is 12.1. The molecule has 0 saturated heterocycles. The van der Waals surface area contributed by atoms with Gasteiger partial charge in [-0.25, -0.2) is 0 Å². The molecule has 0 aromatic carbocycles. The van der Waals surface area contributed by atoms with Crippen LogP contribution in [0.1, 0.15) is 18.2 Å². The number of thiophene rings is 1. The van der Waals surface area contributed by atoms with Crippen LogP contribution in [0.2, 0.25) is 0 Å². The van der Waals surface area contributed by atoms with Crippen molar-refractivity contribution in [2.75, 3.05) is 6.54 Å². The molecule has 0 spiro atoms. The Balaban J connectivity index is 1.97. The van der Waals surface area contributed by atoms with Crippen LogP contribution in [0.15, 0.2) is 15.9 Å². The first-order valence-electron chi connectivity index (χ1n) is 5.78. The zero-order valence-corrected chi connectivity index (χ0v) is 12.3. The summed E-state index contributed by atoms with van der Waals surface area (Å²) < 4.78 is 1.04. The number of carbonyl (C=O) groups excluding carboxylic acids is 1. The number of halogens is 1. The molecule has 1 heterocycles. The second kappa shape index (κ2) is 5.40. The minimum absolute atomic E-state index is 0.0329. The summed E-state index contributed by atoms with van der Waals surface area (Å²) >= 11 is 4.98. The van der Waals surface area contributed by atoms with Crippen LogP contribution in [-0.4, -0.2) is 28.4 Å². The highest BCUT2D eigenvalue weighted by Crippen LogP contribution is 2.40. The highest BCUT2D eigenvalue weighted by molar-refractivity contribution is 9.11. The molecule has 1 aliphatic rings. The average Bonchev–Trinajstić information content (AvgIpc) is 3.03. The summed E-state index contributed by atoms with van der Waals surface area (Å²) in [5.74, 6) is -1.68. The summed E-state index contributed by atoms with van der Waals surface area (Å²) in [6.07, 6.45) is 0.485. The molecule has 1 saturated carbocycles. The lowest BCUT2D eigenvalue weighted by Gasteiger charge is -2.20. The van der Waals surface area contributed by atoms with E-state index in [0.717, 1.165) is 8.66 Å².